The number of nitrogens with zero attached hydrogens (tertiary/aromatic N) is 1. The third-order valence-electron chi connectivity index (χ3n) is 2.78. The third kappa shape index (κ3) is 3.81. The van der Waals surface area contributed by atoms with Crippen molar-refractivity contribution < 1.29 is 4.74 Å². The van der Waals surface area contributed by atoms with Gasteiger partial charge in [-0.3, -0.25) is 4.90 Å². The normalized spacial score (nSPS) is 21.6. The molecule has 1 fully saturated rings. The summed E-state index contributed by atoms with van der Waals surface area (Å²) >= 11 is 0. The number of rotatable bonds is 5. The Hall–Kier alpha value is -0.340. The fourth-order valence-electron chi connectivity index (χ4n) is 1.95. The predicted molar refractivity (Wildman–Crippen MR) is 60.5 cm³/mol. The van der Waals surface area contributed by atoms with Crippen molar-refractivity contribution in [1.29, 1.82) is 0 Å². The zero-order valence-corrected chi connectivity index (χ0v) is 9.54. The number of ether oxygens (including phenoxy) is 1. The van der Waals surface area contributed by atoms with Crippen molar-refractivity contribution in [2.45, 2.75) is 39.2 Å². The van der Waals surface area contributed by atoms with Gasteiger partial charge in [0.25, 0.3) is 0 Å². The second kappa shape index (κ2) is 7.02. The van der Waals surface area contributed by atoms with Crippen LogP contribution in [0, 0.1) is 0 Å². The van der Waals surface area contributed by atoms with Crippen LogP contribution in [0.5, 0.6) is 0 Å². The monoisotopic (exact) mass is 197 g/mol. The highest BCUT2D eigenvalue weighted by Gasteiger charge is 2.17. The number of hydrogen-bond acceptors (Lipinski definition) is 2. The zero-order valence-electron chi connectivity index (χ0n) is 9.54. The molecule has 0 spiro atoms. The van der Waals surface area contributed by atoms with Crippen LogP contribution >= 0.6 is 0 Å². The fourth-order valence-corrected chi connectivity index (χ4v) is 1.95. The Balaban J connectivity index is 2.38. The molecule has 0 aromatic heterocycles. The van der Waals surface area contributed by atoms with Crippen molar-refractivity contribution in [2.75, 3.05) is 26.3 Å². The fraction of sp³-hybridized carbons (Fsp3) is 0.833. The summed E-state index contributed by atoms with van der Waals surface area (Å²) in [6.45, 7) is 8.36. The standard InChI is InChI=1S/C12H23NO/c1-3-5-7-12(6-4-2)13-8-10-14-11-9-13/h4,6,12H,3,5,7-11H2,1-2H3. The molecule has 0 saturated carbocycles. The number of morpholine rings is 1. The molecule has 1 atom stereocenters. The first-order chi connectivity index (χ1) is 6.88. The summed E-state index contributed by atoms with van der Waals surface area (Å²) in [5, 5.41) is 0. The molecule has 1 aliphatic heterocycles. The van der Waals surface area contributed by atoms with Gasteiger partial charge in [0.05, 0.1) is 13.2 Å². The Bertz CT molecular complexity index is 162. The largest absolute Gasteiger partial charge is 0.379 e. The van der Waals surface area contributed by atoms with E-state index in [1.807, 2.05) is 0 Å². The molecule has 0 N–H and O–H groups in total. The van der Waals surface area contributed by atoms with Gasteiger partial charge in [0, 0.05) is 19.1 Å². The topological polar surface area (TPSA) is 12.5 Å². The highest BCUT2D eigenvalue weighted by Crippen LogP contribution is 2.12. The van der Waals surface area contributed by atoms with E-state index in [1.54, 1.807) is 0 Å². The molecule has 1 heterocycles. The van der Waals surface area contributed by atoms with Crippen molar-refractivity contribution in [3.63, 3.8) is 0 Å². The van der Waals surface area contributed by atoms with E-state index in [9.17, 15) is 0 Å². The lowest BCUT2D eigenvalue weighted by molar-refractivity contribution is 0.0238. The van der Waals surface area contributed by atoms with E-state index >= 15 is 0 Å². The van der Waals surface area contributed by atoms with Gasteiger partial charge < -0.3 is 4.74 Å². The van der Waals surface area contributed by atoms with Crippen LogP contribution < -0.4 is 0 Å². The van der Waals surface area contributed by atoms with Crippen molar-refractivity contribution in [2.24, 2.45) is 0 Å². The third-order valence-corrected chi connectivity index (χ3v) is 2.78. The maximum Gasteiger partial charge on any atom is 0.0594 e. The number of unbranched alkanes of at least 4 members (excludes halogenated alkanes) is 1. The van der Waals surface area contributed by atoms with Crippen LogP contribution in [-0.4, -0.2) is 37.2 Å². The zero-order chi connectivity index (χ0) is 10.2. The maximum absolute atomic E-state index is 5.37. The maximum atomic E-state index is 5.37. The minimum Gasteiger partial charge on any atom is -0.379 e. The molecule has 0 bridgehead atoms. The van der Waals surface area contributed by atoms with Gasteiger partial charge >= 0.3 is 0 Å². The molecule has 0 aromatic carbocycles. The average molecular weight is 197 g/mol. The molecule has 1 aliphatic rings. The molecule has 1 saturated heterocycles. The van der Waals surface area contributed by atoms with E-state index in [1.165, 1.54) is 19.3 Å². The van der Waals surface area contributed by atoms with Crippen molar-refractivity contribution in [3.05, 3.63) is 12.2 Å². The molecule has 0 amide bonds. The smallest absolute Gasteiger partial charge is 0.0594 e. The first-order valence-corrected chi connectivity index (χ1v) is 5.83. The average Bonchev–Trinajstić information content (AvgIpc) is 2.25. The Morgan fingerprint density at radius 2 is 2.07 bits per heavy atom. The molecule has 0 radical (unpaired) electrons. The van der Waals surface area contributed by atoms with E-state index in [0.717, 1.165) is 26.3 Å². The highest BCUT2D eigenvalue weighted by molar-refractivity contribution is 4.93. The first-order valence-electron chi connectivity index (χ1n) is 5.83. The molecule has 0 aliphatic carbocycles. The van der Waals surface area contributed by atoms with Gasteiger partial charge in [0.15, 0.2) is 0 Å². The Morgan fingerprint density at radius 1 is 1.36 bits per heavy atom. The van der Waals surface area contributed by atoms with Gasteiger partial charge in [-0.25, -0.2) is 0 Å². The minimum absolute atomic E-state index is 0.642. The van der Waals surface area contributed by atoms with Gasteiger partial charge in [-0.15, -0.1) is 0 Å². The van der Waals surface area contributed by atoms with Crippen LogP contribution in [0.2, 0.25) is 0 Å². The van der Waals surface area contributed by atoms with Crippen molar-refractivity contribution >= 4 is 0 Å². The van der Waals surface area contributed by atoms with Gasteiger partial charge in [-0.1, -0.05) is 31.9 Å². The van der Waals surface area contributed by atoms with Crippen LogP contribution in [-0.2, 0) is 4.74 Å². The molecular weight excluding hydrogens is 174 g/mol. The highest BCUT2D eigenvalue weighted by atomic mass is 16.5. The summed E-state index contributed by atoms with van der Waals surface area (Å²) in [5.41, 5.74) is 0. The van der Waals surface area contributed by atoms with E-state index in [4.69, 9.17) is 4.74 Å². The van der Waals surface area contributed by atoms with Crippen LogP contribution in [0.3, 0.4) is 0 Å². The van der Waals surface area contributed by atoms with Gasteiger partial charge in [0.1, 0.15) is 0 Å². The SMILES string of the molecule is CC=CC(CCCC)N1CCOCC1. The quantitative estimate of drug-likeness (QED) is 0.628. The van der Waals surface area contributed by atoms with Gasteiger partial charge in [-0.2, -0.15) is 0 Å². The summed E-state index contributed by atoms with van der Waals surface area (Å²) in [5.74, 6) is 0. The van der Waals surface area contributed by atoms with Gasteiger partial charge in [-0.05, 0) is 13.3 Å². The molecule has 2 heteroatoms. The minimum atomic E-state index is 0.642. The molecule has 14 heavy (non-hydrogen) atoms. The molecule has 0 aromatic rings. The van der Waals surface area contributed by atoms with Crippen LogP contribution in [0.25, 0.3) is 0 Å². The summed E-state index contributed by atoms with van der Waals surface area (Å²) in [7, 11) is 0. The van der Waals surface area contributed by atoms with E-state index in [2.05, 4.69) is 30.9 Å². The first kappa shape index (κ1) is 11.7. The molecule has 2 nitrogen and oxygen atoms in total. The van der Waals surface area contributed by atoms with E-state index < -0.39 is 0 Å². The lowest BCUT2D eigenvalue weighted by atomic mass is 10.1. The van der Waals surface area contributed by atoms with Crippen LogP contribution in [0.4, 0.5) is 0 Å². The Morgan fingerprint density at radius 3 is 2.64 bits per heavy atom. The lowest BCUT2D eigenvalue weighted by Gasteiger charge is -2.32. The summed E-state index contributed by atoms with van der Waals surface area (Å²) in [6.07, 6.45) is 8.42. The summed E-state index contributed by atoms with van der Waals surface area (Å²) in [4.78, 5) is 2.54. The van der Waals surface area contributed by atoms with Gasteiger partial charge in [0.2, 0.25) is 0 Å². The van der Waals surface area contributed by atoms with Crippen LogP contribution in [0.15, 0.2) is 12.2 Å². The van der Waals surface area contributed by atoms with E-state index in [-0.39, 0.29) is 0 Å². The second-order valence-corrected chi connectivity index (χ2v) is 3.88. The molecule has 1 unspecified atom stereocenters. The molecular formula is C12H23NO. The summed E-state index contributed by atoms with van der Waals surface area (Å²) in [6, 6.07) is 0.642. The van der Waals surface area contributed by atoms with E-state index in [0.29, 0.717) is 6.04 Å². The summed E-state index contributed by atoms with van der Waals surface area (Å²) < 4.78 is 5.37. The molecule has 1 rings (SSSR count). The Labute approximate surface area is 87.9 Å². The van der Waals surface area contributed by atoms with Crippen molar-refractivity contribution in [3.8, 4) is 0 Å². The lowest BCUT2D eigenvalue weighted by Crippen LogP contribution is -2.42. The predicted octanol–water partition coefficient (Wildman–Crippen LogP) is 2.45. The Kier molecular flexibility index (Phi) is 5.88. The number of hydrogen-bond donors (Lipinski definition) is 0. The number of allylic oxidation sites excluding steroid dienone is 1. The van der Waals surface area contributed by atoms with Crippen molar-refractivity contribution in [1.82, 2.24) is 4.90 Å². The van der Waals surface area contributed by atoms with Crippen LogP contribution in [0.1, 0.15) is 33.1 Å². The molecule has 82 valence electrons. The second-order valence-electron chi connectivity index (χ2n) is 3.88.